The number of pyridine rings is 1. The van der Waals surface area contributed by atoms with Gasteiger partial charge in [-0.3, -0.25) is 48.6 Å². The van der Waals surface area contributed by atoms with Crippen molar-refractivity contribution < 1.29 is 70.5 Å². The first-order valence-corrected chi connectivity index (χ1v) is 25.2. The fourth-order valence-electron chi connectivity index (χ4n) is 9.02. The molecule has 3 aliphatic heterocycles. The molecular weight excluding hydrogens is 1020 g/mol. The number of hydrogen-bond acceptors (Lipinski definition) is 18. The third-order valence-electron chi connectivity index (χ3n) is 13.1. The van der Waals surface area contributed by atoms with Crippen LogP contribution in [0.2, 0.25) is 0 Å². The van der Waals surface area contributed by atoms with Crippen molar-refractivity contribution in [2.24, 2.45) is 5.92 Å². The number of aromatic nitrogens is 4. The number of nitrogens with zero attached hydrogens (tertiary/aromatic N) is 6. The van der Waals surface area contributed by atoms with Crippen molar-refractivity contribution in [3.8, 4) is 17.1 Å². The number of fused-ring (bicyclic) bond motifs is 1. The maximum absolute atomic E-state index is 14.2. The first-order valence-electron chi connectivity index (χ1n) is 25.2. The average Bonchev–Trinajstić information content (AvgIpc) is 3.83. The molecule has 1 unspecified atom stereocenters. The van der Waals surface area contributed by atoms with Crippen molar-refractivity contribution >= 4 is 64.5 Å². The fraction of sp³-hybridized carbons (Fsp3) is 0.404. The number of carbonyl (C=O) groups excluding carboxylic acids is 8. The average molecular weight is 1080 g/mol. The SMILES string of the molecule is CC(=O)O[C@@H]1C[C@@H](C(=O)NCc2ccc(-n3cc(NC(=O)c4coc(-c5ccnc(NCC6CC6)c5)n4)c(C(F)F)n3)cc2)N(C(=O)COCCOCCOCCNc2cccc3c2C(=O)N(C2CCC(=O)NC2=O)C3=O)C1. The monoisotopic (exact) mass is 1080 g/mol. The van der Waals surface area contributed by atoms with Crippen molar-refractivity contribution in [1.29, 1.82) is 0 Å². The van der Waals surface area contributed by atoms with Crippen LogP contribution in [-0.4, -0.2) is 154 Å². The van der Waals surface area contributed by atoms with Crippen molar-refractivity contribution in [3.63, 3.8) is 0 Å². The zero-order chi connectivity index (χ0) is 54.9. The third kappa shape index (κ3) is 13.2. The van der Waals surface area contributed by atoms with Crippen LogP contribution in [0.15, 0.2) is 77.7 Å². The number of oxazole rings is 1. The predicted molar refractivity (Wildman–Crippen MR) is 269 cm³/mol. The van der Waals surface area contributed by atoms with E-state index in [1.165, 1.54) is 41.6 Å². The smallest absolute Gasteiger partial charge is 0.302 e. The highest BCUT2D eigenvalue weighted by Gasteiger charge is 2.46. The highest BCUT2D eigenvalue weighted by atomic mass is 19.3. The zero-order valence-electron chi connectivity index (χ0n) is 42.2. The molecule has 4 aliphatic rings. The molecule has 1 saturated carbocycles. The van der Waals surface area contributed by atoms with Crippen LogP contribution in [0.3, 0.4) is 0 Å². The molecular formula is C52H55F2N11O13. The van der Waals surface area contributed by atoms with Gasteiger partial charge in [0.25, 0.3) is 24.1 Å². The number of benzene rings is 2. The second-order valence-corrected chi connectivity index (χ2v) is 18.7. The number of amides is 7. The van der Waals surface area contributed by atoms with E-state index in [0.29, 0.717) is 34.2 Å². The Morgan fingerprint density at radius 2 is 1.67 bits per heavy atom. The fourth-order valence-corrected chi connectivity index (χ4v) is 9.02. The summed E-state index contributed by atoms with van der Waals surface area (Å²) in [7, 11) is 0. The summed E-state index contributed by atoms with van der Waals surface area (Å²) in [6.07, 6.45) is 2.65. The number of nitrogens with one attached hydrogen (secondary N) is 5. The van der Waals surface area contributed by atoms with E-state index in [1.54, 1.807) is 54.7 Å². The standard InChI is InChI=1S/C52H55F2N11O13/c1-29(66)78-34-22-40(63(25-34)43(68)28-76-20-19-75-18-17-74-16-15-55-36-4-2-3-35-44(36)52(73)65(51(35)72)39-11-12-42(67)61-49(39)71)48(70)58-24-31-7-9-33(10-8-31)64-26-37(45(62-64)46(53)54)59-47(69)38-27-77-50(60-38)32-13-14-56-41(21-32)57-23-30-5-6-30/h2-4,7-10,13-14,21,26-27,30,34,39-40,46,55H,5-6,11-12,15-20,22-25,28H2,1H3,(H,56,57)(H,58,70)(H,59,69)(H,61,67,71)/t34-,39?,40+/m1/s1. The first kappa shape index (κ1) is 54.3. The summed E-state index contributed by atoms with van der Waals surface area (Å²) >= 11 is 0. The minimum atomic E-state index is -3.04. The topological polar surface area (TPSA) is 297 Å². The summed E-state index contributed by atoms with van der Waals surface area (Å²) in [5.74, 6) is -3.36. The number of likely N-dealkylation sites (tertiary alicyclic amines) is 1. The van der Waals surface area contributed by atoms with E-state index in [4.69, 9.17) is 23.4 Å². The van der Waals surface area contributed by atoms with Gasteiger partial charge in [0, 0.05) is 56.8 Å². The lowest BCUT2D eigenvalue weighted by atomic mass is 10.0. The maximum atomic E-state index is 14.2. The van der Waals surface area contributed by atoms with Gasteiger partial charge < -0.3 is 49.5 Å². The van der Waals surface area contributed by atoms with Gasteiger partial charge >= 0.3 is 5.97 Å². The molecule has 24 nitrogen and oxygen atoms in total. The van der Waals surface area contributed by atoms with Crippen LogP contribution in [0.1, 0.15) is 87.9 Å². The number of alkyl halides is 2. The van der Waals surface area contributed by atoms with E-state index >= 15 is 0 Å². The molecule has 5 aromatic rings. The lowest BCUT2D eigenvalue weighted by molar-refractivity contribution is -0.147. The van der Waals surface area contributed by atoms with Gasteiger partial charge in [-0.05, 0) is 67.1 Å². The number of piperidine rings is 1. The largest absolute Gasteiger partial charge is 0.461 e. The highest BCUT2D eigenvalue weighted by molar-refractivity contribution is 6.25. The van der Waals surface area contributed by atoms with Crippen LogP contribution in [0.25, 0.3) is 17.1 Å². The molecule has 3 atom stereocenters. The molecule has 3 aromatic heterocycles. The van der Waals surface area contributed by atoms with Gasteiger partial charge in [0.1, 0.15) is 36.9 Å². The van der Waals surface area contributed by atoms with Gasteiger partial charge in [0.15, 0.2) is 11.4 Å². The highest BCUT2D eigenvalue weighted by Crippen LogP contribution is 2.33. The Balaban J connectivity index is 0.690. The Morgan fingerprint density at radius 3 is 2.41 bits per heavy atom. The molecule has 410 valence electrons. The number of imide groups is 2. The van der Waals surface area contributed by atoms with Crippen molar-refractivity contribution in [1.82, 2.24) is 40.2 Å². The normalized spacial score (nSPS) is 18.0. The molecule has 26 heteroatoms. The second-order valence-electron chi connectivity index (χ2n) is 18.7. The lowest BCUT2D eigenvalue weighted by Gasteiger charge is -2.27. The van der Waals surface area contributed by atoms with E-state index in [-0.39, 0.29) is 107 Å². The molecule has 78 heavy (non-hydrogen) atoms. The number of carbonyl (C=O) groups is 8. The summed E-state index contributed by atoms with van der Waals surface area (Å²) in [5.41, 5.74) is 1.21. The number of esters is 1. The van der Waals surface area contributed by atoms with Crippen LogP contribution in [0.4, 0.5) is 26.0 Å². The first-order chi connectivity index (χ1) is 37.7. The van der Waals surface area contributed by atoms with E-state index < -0.39 is 77.6 Å². The molecule has 0 radical (unpaired) electrons. The molecule has 2 aromatic carbocycles. The van der Waals surface area contributed by atoms with Crippen molar-refractivity contribution in [2.45, 2.75) is 70.2 Å². The third-order valence-corrected chi connectivity index (χ3v) is 13.1. The molecule has 3 fully saturated rings. The van der Waals surface area contributed by atoms with Gasteiger partial charge in [0.2, 0.25) is 29.5 Å². The van der Waals surface area contributed by atoms with Crippen molar-refractivity contribution in [3.05, 3.63) is 101 Å². The molecule has 5 N–H and O–H groups in total. The van der Waals surface area contributed by atoms with Gasteiger partial charge in [-0.2, -0.15) is 5.10 Å². The molecule has 2 saturated heterocycles. The van der Waals surface area contributed by atoms with E-state index in [2.05, 4.69) is 41.7 Å². The van der Waals surface area contributed by atoms with Gasteiger partial charge in [-0.25, -0.2) is 23.4 Å². The van der Waals surface area contributed by atoms with Crippen LogP contribution in [0.5, 0.6) is 0 Å². The molecule has 0 bridgehead atoms. The van der Waals surface area contributed by atoms with Gasteiger partial charge in [0.05, 0.1) is 68.3 Å². The van der Waals surface area contributed by atoms with Crippen LogP contribution < -0.4 is 26.6 Å². The Morgan fingerprint density at radius 1 is 0.897 bits per heavy atom. The summed E-state index contributed by atoms with van der Waals surface area (Å²) in [6.45, 7) is 2.68. The van der Waals surface area contributed by atoms with Crippen LogP contribution >= 0.6 is 0 Å². The maximum Gasteiger partial charge on any atom is 0.302 e. The van der Waals surface area contributed by atoms with E-state index in [1.807, 2.05) is 0 Å². The Kier molecular flexibility index (Phi) is 17.2. The zero-order valence-corrected chi connectivity index (χ0v) is 42.2. The molecule has 1 aliphatic carbocycles. The number of rotatable bonds is 25. The van der Waals surface area contributed by atoms with E-state index in [9.17, 15) is 47.1 Å². The Hall–Kier alpha value is -8.49. The number of hydrogen-bond donors (Lipinski definition) is 5. The van der Waals surface area contributed by atoms with Gasteiger partial charge in [-0.1, -0.05) is 18.2 Å². The number of ether oxygens (including phenoxy) is 4. The minimum absolute atomic E-state index is 0.0149. The van der Waals surface area contributed by atoms with Crippen LogP contribution in [-0.2, 0) is 49.5 Å². The minimum Gasteiger partial charge on any atom is -0.461 e. The summed E-state index contributed by atoms with van der Waals surface area (Å²) in [4.78, 5) is 113. The number of halogens is 2. The van der Waals surface area contributed by atoms with Crippen LogP contribution in [0, 0.1) is 5.92 Å². The summed E-state index contributed by atoms with van der Waals surface area (Å²) in [5, 5.41) is 17.8. The van der Waals surface area contributed by atoms with E-state index in [0.717, 1.165) is 17.7 Å². The Bertz CT molecular complexity index is 3070. The summed E-state index contributed by atoms with van der Waals surface area (Å²) < 4.78 is 57.2. The summed E-state index contributed by atoms with van der Waals surface area (Å²) in [6, 6.07) is 12.6. The van der Waals surface area contributed by atoms with Crippen molar-refractivity contribution in [2.75, 3.05) is 75.2 Å². The van der Waals surface area contributed by atoms with Gasteiger partial charge in [-0.15, -0.1) is 0 Å². The molecule has 0 spiro atoms. The molecule has 7 amide bonds. The Labute approximate surface area is 443 Å². The molecule has 6 heterocycles. The quantitative estimate of drug-likeness (QED) is 0.0317. The second kappa shape index (κ2) is 24.7. The number of anilines is 3. The lowest BCUT2D eigenvalue weighted by Crippen LogP contribution is -2.54. The molecule has 9 rings (SSSR count). The predicted octanol–water partition coefficient (Wildman–Crippen LogP) is 3.65.